The van der Waals surface area contributed by atoms with Crippen LogP contribution in [0.4, 0.5) is 0 Å². The summed E-state index contributed by atoms with van der Waals surface area (Å²) in [6.07, 6.45) is 1.57. The number of carboxylic acid groups (broad SMARTS) is 1. The van der Waals surface area contributed by atoms with Gasteiger partial charge in [-0.15, -0.1) is 10.2 Å². The molecule has 13 heavy (non-hydrogen) atoms. The molecule has 0 spiro atoms. The Bertz CT molecular complexity index is 335. The minimum atomic E-state index is -0.804. The zero-order valence-corrected chi connectivity index (χ0v) is 7.21. The van der Waals surface area contributed by atoms with Crippen LogP contribution in [-0.4, -0.2) is 43.8 Å². The molecule has 0 saturated heterocycles. The van der Waals surface area contributed by atoms with Crippen LogP contribution in [0.2, 0.25) is 0 Å². The third-order valence-corrected chi connectivity index (χ3v) is 2.27. The number of nitrogens with zero attached hydrogens (tertiary/aromatic N) is 4. The van der Waals surface area contributed by atoms with Gasteiger partial charge in [0.1, 0.15) is 18.2 Å². The quantitative estimate of drug-likeness (QED) is 0.614. The molecule has 6 heteroatoms. The first-order valence-electron chi connectivity index (χ1n) is 3.98. The number of aliphatic carboxylic acids is 1. The van der Waals surface area contributed by atoms with Crippen LogP contribution in [-0.2, 0) is 17.9 Å². The first-order valence-corrected chi connectivity index (χ1v) is 3.98. The van der Waals surface area contributed by atoms with Gasteiger partial charge in [-0.05, 0) is 7.05 Å². The molecule has 1 aromatic heterocycles. The standard InChI is InChI=1S/C7H10N4O2/c1-10-3-6-9-8-4-11(6)2-5(10)7(12)13/h4-5H,2-3H2,1H3,(H,12,13)/t5-/m0/s1. The summed E-state index contributed by atoms with van der Waals surface area (Å²) in [7, 11) is 1.77. The third kappa shape index (κ3) is 1.29. The maximum absolute atomic E-state index is 10.8. The molecule has 1 aromatic rings. The summed E-state index contributed by atoms with van der Waals surface area (Å²) >= 11 is 0. The predicted octanol–water partition coefficient (Wildman–Crippen LogP) is -0.823. The molecule has 1 atom stereocenters. The van der Waals surface area contributed by atoms with Gasteiger partial charge in [-0.3, -0.25) is 9.69 Å². The van der Waals surface area contributed by atoms with Crippen molar-refractivity contribution in [2.24, 2.45) is 0 Å². The number of hydrogen-bond acceptors (Lipinski definition) is 4. The second kappa shape index (κ2) is 2.81. The van der Waals surface area contributed by atoms with Gasteiger partial charge in [0, 0.05) is 0 Å². The number of rotatable bonds is 1. The van der Waals surface area contributed by atoms with Crippen LogP contribution in [0, 0.1) is 0 Å². The predicted molar refractivity (Wildman–Crippen MR) is 42.9 cm³/mol. The van der Waals surface area contributed by atoms with E-state index in [9.17, 15) is 4.79 Å². The zero-order valence-electron chi connectivity index (χ0n) is 7.21. The average molecular weight is 182 g/mol. The van der Waals surface area contributed by atoms with Crippen LogP contribution in [0.5, 0.6) is 0 Å². The average Bonchev–Trinajstić information content (AvgIpc) is 2.48. The van der Waals surface area contributed by atoms with Crippen molar-refractivity contribution in [2.75, 3.05) is 7.05 Å². The highest BCUT2D eigenvalue weighted by Crippen LogP contribution is 2.13. The lowest BCUT2D eigenvalue weighted by molar-refractivity contribution is -0.144. The van der Waals surface area contributed by atoms with Gasteiger partial charge in [-0.25, -0.2) is 0 Å². The normalized spacial score (nSPS) is 22.7. The Morgan fingerprint density at radius 3 is 3.23 bits per heavy atom. The molecule has 0 amide bonds. The van der Waals surface area contributed by atoms with Gasteiger partial charge in [0.25, 0.3) is 0 Å². The highest BCUT2D eigenvalue weighted by atomic mass is 16.4. The van der Waals surface area contributed by atoms with Crippen LogP contribution < -0.4 is 0 Å². The summed E-state index contributed by atoms with van der Waals surface area (Å²) in [5.41, 5.74) is 0. The van der Waals surface area contributed by atoms with Gasteiger partial charge in [-0.2, -0.15) is 0 Å². The largest absolute Gasteiger partial charge is 0.480 e. The second-order valence-corrected chi connectivity index (χ2v) is 3.17. The van der Waals surface area contributed by atoms with E-state index in [1.807, 2.05) is 0 Å². The topological polar surface area (TPSA) is 71.2 Å². The van der Waals surface area contributed by atoms with E-state index in [1.54, 1.807) is 22.8 Å². The van der Waals surface area contributed by atoms with Crippen LogP contribution in [0.15, 0.2) is 6.33 Å². The van der Waals surface area contributed by atoms with E-state index in [2.05, 4.69) is 10.2 Å². The van der Waals surface area contributed by atoms with E-state index in [-0.39, 0.29) is 0 Å². The van der Waals surface area contributed by atoms with E-state index in [0.717, 1.165) is 5.82 Å². The highest BCUT2D eigenvalue weighted by molar-refractivity contribution is 5.73. The van der Waals surface area contributed by atoms with Gasteiger partial charge >= 0.3 is 5.97 Å². The van der Waals surface area contributed by atoms with Gasteiger partial charge < -0.3 is 9.67 Å². The SMILES string of the molecule is CN1Cc2nncn2C[C@H]1C(=O)O. The van der Waals surface area contributed by atoms with Crippen molar-refractivity contribution in [3.8, 4) is 0 Å². The maximum Gasteiger partial charge on any atom is 0.322 e. The maximum atomic E-state index is 10.8. The molecule has 0 saturated carbocycles. The molecular formula is C7H10N4O2. The van der Waals surface area contributed by atoms with E-state index in [0.29, 0.717) is 13.1 Å². The summed E-state index contributed by atoms with van der Waals surface area (Å²) in [4.78, 5) is 12.6. The van der Waals surface area contributed by atoms with Crippen molar-refractivity contribution in [3.63, 3.8) is 0 Å². The van der Waals surface area contributed by atoms with Crippen LogP contribution >= 0.6 is 0 Å². The van der Waals surface area contributed by atoms with Gasteiger partial charge in [0.05, 0.1) is 13.1 Å². The Hall–Kier alpha value is -1.43. The number of carbonyl (C=O) groups is 1. The zero-order chi connectivity index (χ0) is 9.42. The Morgan fingerprint density at radius 1 is 1.77 bits per heavy atom. The molecule has 0 unspecified atom stereocenters. The van der Waals surface area contributed by atoms with E-state index in [4.69, 9.17) is 5.11 Å². The van der Waals surface area contributed by atoms with Crippen LogP contribution in [0.3, 0.4) is 0 Å². The van der Waals surface area contributed by atoms with Crippen molar-refractivity contribution in [1.82, 2.24) is 19.7 Å². The summed E-state index contributed by atoms with van der Waals surface area (Å²) in [6, 6.07) is -0.469. The molecule has 2 rings (SSSR count). The van der Waals surface area contributed by atoms with E-state index in [1.165, 1.54) is 0 Å². The van der Waals surface area contributed by atoms with Gasteiger partial charge in [0.2, 0.25) is 0 Å². The Morgan fingerprint density at radius 2 is 2.54 bits per heavy atom. The van der Waals surface area contributed by atoms with Crippen molar-refractivity contribution < 1.29 is 9.90 Å². The molecule has 0 aliphatic carbocycles. The number of aromatic nitrogens is 3. The van der Waals surface area contributed by atoms with Crippen molar-refractivity contribution in [1.29, 1.82) is 0 Å². The fourth-order valence-electron chi connectivity index (χ4n) is 1.48. The van der Waals surface area contributed by atoms with Gasteiger partial charge in [0.15, 0.2) is 0 Å². The minimum absolute atomic E-state index is 0.425. The van der Waals surface area contributed by atoms with E-state index < -0.39 is 12.0 Å². The molecule has 1 N–H and O–H groups in total. The molecule has 0 fully saturated rings. The first-order chi connectivity index (χ1) is 6.18. The van der Waals surface area contributed by atoms with Crippen molar-refractivity contribution in [2.45, 2.75) is 19.1 Å². The first kappa shape index (κ1) is 8.18. The fraction of sp³-hybridized carbons (Fsp3) is 0.571. The van der Waals surface area contributed by atoms with Crippen LogP contribution in [0.25, 0.3) is 0 Å². The molecule has 0 radical (unpaired) electrons. The Balaban J connectivity index is 2.27. The second-order valence-electron chi connectivity index (χ2n) is 3.17. The lowest BCUT2D eigenvalue weighted by Gasteiger charge is -2.29. The lowest BCUT2D eigenvalue weighted by Crippen LogP contribution is -2.45. The molecule has 70 valence electrons. The summed E-state index contributed by atoms with van der Waals surface area (Å²) < 4.78 is 1.78. The van der Waals surface area contributed by atoms with E-state index >= 15 is 0 Å². The molecule has 1 aliphatic heterocycles. The Kier molecular flexibility index (Phi) is 1.77. The highest BCUT2D eigenvalue weighted by Gasteiger charge is 2.29. The monoisotopic (exact) mass is 182 g/mol. The summed E-state index contributed by atoms with van der Waals surface area (Å²) in [6.45, 7) is 0.963. The minimum Gasteiger partial charge on any atom is -0.480 e. The fourth-order valence-corrected chi connectivity index (χ4v) is 1.48. The Labute approximate surface area is 74.8 Å². The molecule has 1 aliphatic rings. The lowest BCUT2D eigenvalue weighted by atomic mass is 10.2. The number of hydrogen-bond donors (Lipinski definition) is 1. The summed E-state index contributed by atoms with van der Waals surface area (Å²) in [5.74, 6) is 0.0156. The number of carboxylic acids is 1. The number of fused-ring (bicyclic) bond motifs is 1. The molecule has 6 nitrogen and oxygen atoms in total. The molecule has 0 bridgehead atoms. The molecular weight excluding hydrogens is 172 g/mol. The molecule has 0 aromatic carbocycles. The summed E-state index contributed by atoms with van der Waals surface area (Å²) in [5, 5.41) is 16.5. The smallest absolute Gasteiger partial charge is 0.322 e. The van der Waals surface area contributed by atoms with Gasteiger partial charge in [-0.1, -0.05) is 0 Å². The third-order valence-electron chi connectivity index (χ3n) is 2.27. The van der Waals surface area contributed by atoms with Crippen molar-refractivity contribution >= 4 is 5.97 Å². The molecule has 2 heterocycles. The number of likely N-dealkylation sites (N-methyl/N-ethyl adjacent to an activating group) is 1. The van der Waals surface area contributed by atoms with Crippen LogP contribution in [0.1, 0.15) is 5.82 Å². The van der Waals surface area contributed by atoms with Crippen molar-refractivity contribution in [3.05, 3.63) is 12.2 Å².